The molecule has 0 saturated heterocycles. The number of aliphatic hydroxyl groups excluding tert-OH is 1. The molecule has 96 valence electrons. The molecule has 0 amide bonds. The van der Waals surface area contributed by atoms with Gasteiger partial charge in [-0.3, -0.25) is 0 Å². The Morgan fingerprint density at radius 2 is 2.06 bits per heavy atom. The van der Waals surface area contributed by atoms with Crippen LogP contribution in [0.5, 0.6) is 0 Å². The van der Waals surface area contributed by atoms with Crippen molar-refractivity contribution in [2.45, 2.75) is 26.8 Å². The predicted octanol–water partition coefficient (Wildman–Crippen LogP) is 1.16. The first-order valence-corrected chi connectivity index (χ1v) is 5.99. The van der Waals surface area contributed by atoms with Gasteiger partial charge in [-0.1, -0.05) is 0 Å². The molecule has 0 unspecified atom stereocenters. The van der Waals surface area contributed by atoms with Gasteiger partial charge < -0.3 is 15.3 Å². The van der Waals surface area contributed by atoms with Gasteiger partial charge in [-0.15, -0.1) is 0 Å². The van der Waals surface area contributed by atoms with E-state index in [1.807, 2.05) is 25.7 Å². The van der Waals surface area contributed by atoms with Gasteiger partial charge in [0.15, 0.2) is 0 Å². The second kappa shape index (κ2) is 6.56. The third-order valence-electron chi connectivity index (χ3n) is 2.15. The monoisotopic (exact) mass is 259 g/mol. The van der Waals surface area contributed by atoms with Crippen LogP contribution >= 0.6 is 11.6 Å². The molecule has 0 fully saturated rings. The largest absolute Gasteiger partial charge is 0.395 e. The third kappa shape index (κ3) is 3.98. The zero-order valence-electron chi connectivity index (χ0n) is 10.3. The molecule has 7 heteroatoms. The van der Waals surface area contributed by atoms with E-state index in [1.54, 1.807) is 0 Å². The van der Waals surface area contributed by atoms with Gasteiger partial charge in [0.05, 0.1) is 6.61 Å². The lowest BCUT2D eigenvalue weighted by Crippen LogP contribution is -2.35. The van der Waals surface area contributed by atoms with Crippen LogP contribution in [0, 0.1) is 0 Å². The van der Waals surface area contributed by atoms with Crippen molar-refractivity contribution in [2.75, 3.05) is 29.9 Å². The maximum Gasteiger partial charge on any atom is 0.231 e. The summed E-state index contributed by atoms with van der Waals surface area (Å²) >= 11 is 5.84. The van der Waals surface area contributed by atoms with E-state index in [-0.39, 0.29) is 17.9 Å². The molecule has 1 aromatic rings. The number of nitrogens with one attached hydrogen (secondary N) is 1. The summed E-state index contributed by atoms with van der Waals surface area (Å²) < 4.78 is 0. The fourth-order valence-electron chi connectivity index (χ4n) is 1.40. The Hall–Kier alpha value is -1.14. The van der Waals surface area contributed by atoms with Gasteiger partial charge in [0.25, 0.3) is 0 Å². The Morgan fingerprint density at radius 3 is 2.59 bits per heavy atom. The molecule has 1 aromatic heterocycles. The summed E-state index contributed by atoms with van der Waals surface area (Å²) in [6.07, 6.45) is 0. The number of rotatable bonds is 6. The topological polar surface area (TPSA) is 74.2 Å². The second-order valence-corrected chi connectivity index (χ2v) is 4.11. The molecule has 1 heterocycles. The average molecular weight is 260 g/mol. The molecule has 0 spiro atoms. The molecule has 6 nitrogen and oxygen atoms in total. The normalized spacial score (nSPS) is 10.7. The van der Waals surface area contributed by atoms with Crippen molar-refractivity contribution in [1.82, 2.24) is 15.0 Å². The lowest BCUT2D eigenvalue weighted by Gasteiger charge is -2.25. The van der Waals surface area contributed by atoms with E-state index in [4.69, 9.17) is 16.7 Å². The first-order valence-electron chi connectivity index (χ1n) is 5.61. The molecule has 0 radical (unpaired) electrons. The summed E-state index contributed by atoms with van der Waals surface area (Å²) in [4.78, 5) is 14.2. The fraction of sp³-hybridized carbons (Fsp3) is 0.700. The Bertz CT molecular complexity index is 361. The maximum absolute atomic E-state index is 9.03. The van der Waals surface area contributed by atoms with E-state index >= 15 is 0 Å². The smallest absolute Gasteiger partial charge is 0.231 e. The van der Waals surface area contributed by atoms with Gasteiger partial charge in [-0.2, -0.15) is 15.0 Å². The number of anilines is 2. The Labute approximate surface area is 106 Å². The maximum atomic E-state index is 9.03. The van der Waals surface area contributed by atoms with Crippen molar-refractivity contribution < 1.29 is 5.11 Å². The van der Waals surface area contributed by atoms with E-state index in [1.165, 1.54) is 0 Å². The minimum Gasteiger partial charge on any atom is -0.395 e. The molecule has 0 aromatic carbocycles. The molecule has 1 rings (SSSR count). The van der Waals surface area contributed by atoms with Crippen LogP contribution in [0.1, 0.15) is 20.8 Å². The van der Waals surface area contributed by atoms with Crippen LogP contribution in [0.15, 0.2) is 0 Å². The molecule has 0 aliphatic carbocycles. The summed E-state index contributed by atoms with van der Waals surface area (Å²) in [5, 5.41) is 12.2. The van der Waals surface area contributed by atoms with E-state index in [2.05, 4.69) is 20.3 Å². The van der Waals surface area contributed by atoms with Gasteiger partial charge in [-0.05, 0) is 32.4 Å². The number of hydrogen-bond acceptors (Lipinski definition) is 6. The zero-order chi connectivity index (χ0) is 12.8. The van der Waals surface area contributed by atoms with Crippen molar-refractivity contribution in [3.05, 3.63) is 5.28 Å². The molecule has 0 bridgehead atoms. The van der Waals surface area contributed by atoms with Gasteiger partial charge in [0, 0.05) is 19.1 Å². The molecular weight excluding hydrogens is 242 g/mol. The molecular formula is C10H18ClN5O. The lowest BCUT2D eigenvalue weighted by atomic mass is 10.3. The summed E-state index contributed by atoms with van der Waals surface area (Å²) in [6, 6.07) is 0.176. The summed E-state index contributed by atoms with van der Waals surface area (Å²) in [5.41, 5.74) is 0. The van der Waals surface area contributed by atoms with Crippen molar-refractivity contribution in [3.63, 3.8) is 0 Å². The molecule has 17 heavy (non-hydrogen) atoms. The predicted molar refractivity (Wildman–Crippen MR) is 68.6 cm³/mol. The van der Waals surface area contributed by atoms with Crippen LogP contribution in [-0.4, -0.2) is 45.8 Å². The van der Waals surface area contributed by atoms with Crippen LogP contribution in [0.3, 0.4) is 0 Å². The number of hydrogen-bond donors (Lipinski definition) is 2. The van der Waals surface area contributed by atoms with Crippen LogP contribution in [0.4, 0.5) is 11.9 Å². The van der Waals surface area contributed by atoms with E-state index in [0.717, 1.165) is 0 Å². The molecule has 0 atom stereocenters. The van der Waals surface area contributed by atoms with Gasteiger partial charge in [0.1, 0.15) is 0 Å². The highest BCUT2D eigenvalue weighted by Crippen LogP contribution is 2.15. The Kier molecular flexibility index (Phi) is 5.37. The van der Waals surface area contributed by atoms with Crippen molar-refractivity contribution in [3.8, 4) is 0 Å². The van der Waals surface area contributed by atoms with Gasteiger partial charge >= 0.3 is 0 Å². The average Bonchev–Trinajstić information content (AvgIpc) is 2.25. The van der Waals surface area contributed by atoms with Gasteiger partial charge in [0.2, 0.25) is 17.2 Å². The molecule has 2 N–H and O–H groups in total. The molecule has 0 aliphatic heterocycles. The molecule has 0 saturated carbocycles. The number of nitrogens with zero attached hydrogens (tertiary/aromatic N) is 4. The summed E-state index contributed by atoms with van der Waals surface area (Å²) in [6.45, 7) is 7.16. The highest BCUT2D eigenvalue weighted by Gasteiger charge is 2.15. The van der Waals surface area contributed by atoms with Crippen LogP contribution in [-0.2, 0) is 0 Å². The Balaban J connectivity index is 3.00. The fourth-order valence-corrected chi connectivity index (χ4v) is 1.56. The number of halogens is 1. The highest BCUT2D eigenvalue weighted by atomic mass is 35.5. The van der Waals surface area contributed by atoms with E-state index < -0.39 is 0 Å². The number of aromatic nitrogens is 3. The van der Waals surface area contributed by atoms with Crippen LogP contribution in [0.2, 0.25) is 5.28 Å². The third-order valence-corrected chi connectivity index (χ3v) is 2.32. The lowest BCUT2D eigenvalue weighted by molar-refractivity contribution is 0.298. The Morgan fingerprint density at radius 1 is 1.35 bits per heavy atom. The van der Waals surface area contributed by atoms with Crippen molar-refractivity contribution in [2.24, 2.45) is 0 Å². The summed E-state index contributed by atoms with van der Waals surface area (Å²) in [7, 11) is 0. The minimum atomic E-state index is 0.0397. The van der Waals surface area contributed by atoms with Crippen LogP contribution < -0.4 is 10.2 Å². The van der Waals surface area contributed by atoms with Crippen molar-refractivity contribution >= 4 is 23.5 Å². The quantitative estimate of drug-likeness (QED) is 0.799. The van der Waals surface area contributed by atoms with E-state index in [0.29, 0.717) is 25.0 Å². The molecule has 0 aliphatic rings. The van der Waals surface area contributed by atoms with E-state index in [9.17, 15) is 0 Å². The summed E-state index contributed by atoms with van der Waals surface area (Å²) in [5.74, 6) is 0.927. The standard InChI is InChI=1S/C10H18ClN5O/c1-4-12-9-13-8(11)14-10(15-9)16(5-6-17)7(2)3/h7,17H,4-6H2,1-3H3,(H,12,13,14,15). The highest BCUT2D eigenvalue weighted by molar-refractivity contribution is 6.28. The van der Waals surface area contributed by atoms with Crippen molar-refractivity contribution in [1.29, 1.82) is 0 Å². The number of aliphatic hydroxyl groups is 1. The first kappa shape index (κ1) is 13.9. The minimum absolute atomic E-state index is 0.0397. The van der Waals surface area contributed by atoms with Crippen LogP contribution in [0.25, 0.3) is 0 Å². The van der Waals surface area contributed by atoms with Gasteiger partial charge in [-0.25, -0.2) is 0 Å². The second-order valence-electron chi connectivity index (χ2n) is 3.77. The SMILES string of the molecule is CCNc1nc(Cl)nc(N(CCO)C(C)C)n1. The zero-order valence-corrected chi connectivity index (χ0v) is 11.1. The first-order chi connectivity index (χ1) is 8.08.